The molecule has 0 spiro atoms. The SMILES string of the molecule is CN(Cc1ccc[nH]1)C(=O)CBr. The van der Waals surface area contributed by atoms with Crippen molar-refractivity contribution in [2.75, 3.05) is 12.4 Å². The normalized spacial score (nSPS) is 9.83. The molecule has 0 aliphatic rings. The summed E-state index contributed by atoms with van der Waals surface area (Å²) >= 11 is 3.12. The van der Waals surface area contributed by atoms with Crippen LogP contribution in [0.2, 0.25) is 0 Å². The number of rotatable bonds is 3. The first-order valence-corrected chi connectivity index (χ1v) is 4.78. The number of halogens is 1. The number of nitrogens with one attached hydrogen (secondary N) is 1. The van der Waals surface area contributed by atoms with Gasteiger partial charge in [0.25, 0.3) is 0 Å². The van der Waals surface area contributed by atoms with E-state index in [1.165, 1.54) is 0 Å². The highest BCUT2D eigenvalue weighted by atomic mass is 79.9. The maximum Gasteiger partial charge on any atom is 0.233 e. The van der Waals surface area contributed by atoms with Crippen LogP contribution in [0.1, 0.15) is 5.69 Å². The van der Waals surface area contributed by atoms with E-state index < -0.39 is 0 Å². The van der Waals surface area contributed by atoms with E-state index in [9.17, 15) is 4.79 Å². The zero-order valence-electron chi connectivity index (χ0n) is 6.88. The quantitative estimate of drug-likeness (QED) is 0.783. The van der Waals surface area contributed by atoms with Crippen LogP contribution in [0.4, 0.5) is 0 Å². The molecule has 0 radical (unpaired) electrons. The van der Waals surface area contributed by atoms with Gasteiger partial charge in [0, 0.05) is 18.9 Å². The van der Waals surface area contributed by atoms with E-state index in [-0.39, 0.29) is 5.91 Å². The first kappa shape index (κ1) is 9.32. The summed E-state index contributed by atoms with van der Waals surface area (Å²) in [5, 5.41) is 0.379. The summed E-state index contributed by atoms with van der Waals surface area (Å²) in [7, 11) is 1.78. The molecule has 1 rings (SSSR count). The van der Waals surface area contributed by atoms with Gasteiger partial charge in [-0.05, 0) is 12.1 Å². The van der Waals surface area contributed by atoms with Crippen LogP contribution >= 0.6 is 15.9 Å². The van der Waals surface area contributed by atoms with Crippen LogP contribution in [0, 0.1) is 0 Å². The molecule has 0 saturated heterocycles. The Labute approximate surface area is 79.9 Å². The Bertz CT molecular complexity index is 246. The Morgan fingerprint density at radius 3 is 3.00 bits per heavy atom. The van der Waals surface area contributed by atoms with Gasteiger partial charge in [-0.3, -0.25) is 4.79 Å². The molecule has 1 aromatic heterocycles. The van der Waals surface area contributed by atoms with Gasteiger partial charge < -0.3 is 9.88 Å². The molecule has 0 aromatic carbocycles. The molecule has 0 unspecified atom stereocenters. The third kappa shape index (κ3) is 2.37. The van der Waals surface area contributed by atoms with Crippen LogP contribution in [0.25, 0.3) is 0 Å². The van der Waals surface area contributed by atoms with Crippen LogP contribution in [-0.4, -0.2) is 28.2 Å². The largest absolute Gasteiger partial charge is 0.364 e. The summed E-state index contributed by atoms with van der Waals surface area (Å²) in [5.41, 5.74) is 1.05. The fourth-order valence-corrected chi connectivity index (χ4v) is 1.34. The summed E-state index contributed by atoms with van der Waals surface area (Å²) in [6, 6.07) is 3.87. The van der Waals surface area contributed by atoms with Gasteiger partial charge in [0.05, 0.1) is 11.9 Å². The average Bonchev–Trinajstić information content (AvgIpc) is 2.55. The first-order valence-electron chi connectivity index (χ1n) is 3.66. The molecule has 0 saturated carbocycles. The Morgan fingerprint density at radius 1 is 1.75 bits per heavy atom. The molecule has 1 aromatic rings. The molecule has 3 nitrogen and oxygen atoms in total. The second kappa shape index (κ2) is 4.30. The van der Waals surface area contributed by atoms with E-state index in [0.29, 0.717) is 11.9 Å². The van der Waals surface area contributed by atoms with Gasteiger partial charge in [0.2, 0.25) is 5.91 Å². The standard InChI is InChI=1S/C8H11BrN2O/c1-11(8(12)5-9)6-7-3-2-4-10-7/h2-4,10H,5-6H2,1H3. The summed E-state index contributed by atoms with van der Waals surface area (Å²) in [4.78, 5) is 15.8. The van der Waals surface area contributed by atoms with Crippen LogP contribution < -0.4 is 0 Å². The molecule has 0 bridgehead atoms. The number of hydrogen-bond donors (Lipinski definition) is 1. The van der Waals surface area contributed by atoms with E-state index in [2.05, 4.69) is 20.9 Å². The Balaban J connectivity index is 2.47. The summed E-state index contributed by atoms with van der Waals surface area (Å²) in [6.07, 6.45) is 1.85. The zero-order chi connectivity index (χ0) is 8.97. The van der Waals surface area contributed by atoms with Gasteiger partial charge in [0.1, 0.15) is 0 Å². The number of H-pyrrole nitrogens is 1. The van der Waals surface area contributed by atoms with Crippen molar-refractivity contribution in [3.05, 3.63) is 24.0 Å². The lowest BCUT2D eigenvalue weighted by Crippen LogP contribution is -2.26. The predicted octanol–water partition coefficient (Wildman–Crippen LogP) is 1.37. The summed E-state index contributed by atoms with van der Waals surface area (Å²) < 4.78 is 0. The van der Waals surface area contributed by atoms with E-state index >= 15 is 0 Å². The van der Waals surface area contributed by atoms with Crippen molar-refractivity contribution in [2.45, 2.75) is 6.54 Å². The van der Waals surface area contributed by atoms with Crippen molar-refractivity contribution < 1.29 is 4.79 Å². The van der Waals surface area contributed by atoms with Crippen LogP contribution in [-0.2, 0) is 11.3 Å². The topological polar surface area (TPSA) is 36.1 Å². The van der Waals surface area contributed by atoms with Crippen LogP contribution in [0.5, 0.6) is 0 Å². The number of nitrogens with zero attached hydrogens (tertiary/aromatic N) is 1. The lowest BCUT2D eigenvalue weighted by molar-refractivity contribution is -0.127. The molecule has 4 heteroatoms. The third-order valence-corrected chi connectivity index (χ3v) is 2.09. The molecule has 0 fully saturated rings. The van der Waals surface area contributed by atoms with Gasteiger partial charge in [-0.15, -0.1) is 0 Å². The van der Waals surface area contributed by atoms with Gasteiger partial charge in [0.15, 0.2) is 0 Å². The van der Waals surface area contributed by atoms with Crippen molar-refractivity contribution in [1.82, 2.24) is 9.88 Å². The predicted molar refractivity (Wildman–Crippen MR) is 51.1 cm³/mol. The Kier molecular flexibility index (Phi) is 3.34. The highest BCUT2D eigenvalue weighted by molar-refractivity contribution is 9.09. The molecule has 66 valence electrons. The van der Waals surface area contributed by atoms with Gasteiger partial charge >= 0.3 is 0 Å². The highest BCUT2D eigenvalue weighted by Crippen LogP contribution is 2.00. The molecule has 1 amide bonds. The number of aromatic amines is 1. The van der Waals surface area contributed by atoms with Crippen LogP contribution in [0.3, 0.4) is 0 Å². The highest BCUT2D eigenvalue weighted by Gasteiger charge is 2.06. The number of carbonyl (C=O) groups is 1. The molecular weight excluding hydrogens is 220 g/mol. The average molecular weight is 231 g/mol. The minimum absolute atomic E-state index is 0.0876. The second-order valence-corrected chi connectivity index (χ2v) is 3.14. The van der Waals surface area contributed by atoms with Crippen molar-refractivity contribution in [1.29, 1.82) is 0 Å². The monoisotopic (exact) mass is 230 g/mol. The Morgan fingerprint density at radius 2 is 2.50 bits per heavy atom. The fraction of sp³-hybridized carbons (Fsp3) is 0.375. The van der Waals surface area contributed by atoms with Crippen molar-refractivity contribution in [2.24, 2.45) is 0 Å². The molecule has 0 atom stereocenters. The van der Waals surface area contributed by atoms with E-state index in [1.807, 2.05) is 18.3 Å². The number of alkyl halides is 1. The summed E-state index contributed by atoms with van der Waals surface area (Å²) in [6.45, 7) is 0.636. The lowest BCUT2D eigenvalue weighted by atomic mass is 10.4. The molecule has 1 heterocycles. The summed E-state index contributed by atoms with van der Waals surface area (Å²) in [5.74, 6) is 0.0876. The van der Waals surface area contributed by atoms with Gasteiger partial charge in [-0.25, -0.2) is 0 Å². The van der Waals surface area contributed by atoms with E-state index in [1.54, 1.807) is 11.9 Å². The zero-order valence-corrected chi connectivity index (χ0v) is 8.47. The van der Waals surface area contributed by atoms with Crippen molar-refractivity contribution >= 4 is 21.8 Å². The lowest BCUT2D eigenvalue weighted by Gasteiger charge is -2.14. The smallest absolute Gasteiger partial charge is 0.233 e. The minimum atomic E-state index is 0.0876. The van der Waals surface area contributed by atoms with E-state index in [4.69, 9.17) is 0 Å². The van der Waals surface area contributed by atoms with Crippen LogP contribution in [0.15, 0.2) is 18.3 Å². The molecule has 1 N–H and O–H groups in total. The first-order chi connectivity index (χ1) is 5.74. The number of carbonyl (C=O) groups excluding carboxylic acids is 1. The van der Waals surface area contributed by atoms with Crippen molar-refractivity contribution in [3.8, 4) is 0 Å². The number of aromatic nitrogens is 1. The van der Waals surface area contributed by atoms with Crippen molar-refractivity contribution in [3.63, 3.8) is 0 Å². The third-order valence-electron chi connectivity index (χ3n) is 1.61. The molecule has 0 aliphatic heterocycles. The number of hydrogen-bond acceptors (Lipinski definition) is 1. The maximum atomic E-state index is 11.1. The van der Waals surface area contributed by atoms with E-state index in [0.717, 1.165) is 5.69 Å². The maximum absolute atomic E-state index is 11.1. The molecule has 0 aliphatic carbocycles. The molecule has 12 heavy (non-hydrogen) atoms. The fourth-order valence-electron chi connectivity index (χ4n) is 0.912. The molecular formula is C8H11BrN2O. The second-order valence-electron chi connectivity index (χ2n) is 2.58. The Hall–Kier alpha value is -0.770. The van der Waals surface area contributed by atoms with Gasteiger partial charge in [-0.2, -0.15) is 0 Å². The van der Waals surface area contributed by atoms with Gasteiger partial charge in [-0.1, -0.05) is 15.9 Å². The number of amides is 1. The minimum Gasteiger partial charge on any atom is -0.364 e.